The van der Waals surface area contributed by atoms with Crippen molar-refractivity contribution in [1.82, 2.24) is 4.98 Å². The summed E-state index contributed by atoms with van der Waals surface area (Å²) in [6, 6.07) is 0. The zero-order valence-corrected chi connectivity index (χ0v) is 17.9. The van der Waals surface area contributed by atoms with Gasteiger partial charge in [-0.15, -0.1) is 0 Å². The van der Waals surface area contributed by atoms with E-state index in [0.29, 0.717) is 12.0 Å². The average Bonchev–Trinajstić information content (AvgIpc) is 3.07. The first-order valence-corrected chi connectivity index (χ1v) is 11.8. The lowest BCUT2D eigenvalue weighted by molar-refractivity contribution is 0.0200. The minimum Gasteiger partial charge on any atom is -0.458 e. The predicted octanol–water partition coefficient (Wildman–Crippen LogP) is 7.50. The van der Waals surface area contributed by atoms with Gasteiger partial charge in [-0.3, -0.25) is 0 Å². The Labute approximate surface area is 170 Å². The Hall–Kier alpha value is -1.32. The third kappa shape index (κ3) is 8.36. The molecule has 0 saturated heterocycles. The first-order valence-electron chi connectivity index (χ1n) is 11.8. The van der Waals surface area contributed by atoms with Crippen molar-refractivity contribution in [2.75, 3.05) is 0 Å². The highest BCUT2D eigenvalue weighted by Crippen LogP contribution is 2.23. The van der Waals surface area contributed by atoms with Gasteiger partial charge < -0.3 is 9.72 Å². The summed E-state index contributed by atoms with van der Waals surface area (Å²) < 4.78 is 20.0. The number of esters is 1. The first kappa shape index (κ1) is 23.0. The van der Waals surface area contributed by atoms with Gasteiger partial charge in [0.1, 0.15) is 6.10 Å². The van der Waals surface area contributed by atoms with Gasteiger partial charge >= 0.3 is 5.97 Å². The molecule has 0 unspecified atom stereocenters. The Morgan fingerprint density at radius 2 is 1.54 bits per heavy atom. The Kier molecular flexibility index (Phi) is 11.3. The molecule has 1 N–H and O–H groups in total. The van der Waals surface area contributed by atoms with E-state index in [0.717, 1.165) is 38.5 Å². The van der Waals surface area contributed by atoms with E-state index in [1.54, 1.807) is 6.20 Å². The summed E-state index contributed by atoms with van der Waals surface area (Å²) in [7, 11) is 0. The van der Waals surface area contributed by atoms with E-state index in [4.69, 9.17) is 4.74 Å². The fourth-order valence-electron chi connectivity index (χ4n) is 4.15. The molecule has 3 nitrogen and oxygen atoms in total. The number of rotatable bonds is 14. The fourth-order valence-corrected chi connectivity index (χ4v) is 4.15. The van der Waals surface area contributed by atoms with E-state index >= 15 is 0 Å². The molecule has 2 rings (SSSR count). The molecule has 160 valence electrons. The van der Waals surface area contributed by atoms with Crippen LogP contribution in [0, 0.1) is 5.82 Å². The first-order chi connectivity index (χ1) is 13.7. The van der Waals surface area contributed by atoms with Crippen LogP contribution in [0.15, 0.2) is 6.20 Å². The third-order valence-corrected chi connectivity index (χ3v) is 5.97. The molecule has 4 heteroatoms. The maximum absolute atomic E-state index is 14.5. The van der Waals surface area contributed by atoms with Crippen LogP contribution in [0.5, 0.6) is 0 Å². The molecule has 0 atom stereocenters. The second kappa shape index (κ2) is 13.8. The van der Waals surface area contributed by atoms with Crippen molar-refractivity contribution >= 4 is 5.97 Å². The van der Waals surface area contributed by atoms with Crippen LogP contribution in [0.25, 0.3) is 0 Å². The maximum Gasteiger partial charge on any atom is 0.358 e. The minimum atomic E-state index is -0.533. The molecule has 1 heterocycles. The number of carbonyl (C=O) groups excluding carboxylic acids is 1. The number of aromatic amines is 1. The molecule has 1 aromatic heterocycles. The number of H-pyrrole nitrogens is 1. The normalized spacial score (nSPS) is 15.1. The van der Waals surface area contributed by atoms with Crippen molar-refractivity contribution in [2.45, 2.75) is 122 Å². The topological polar surface area (TPSA) is 42.1 Å². The molecule has 1 aromatic rings. The molecule has 1 aliphatic carbocycles. The fraction of sp³-hybridized carbons (Fsp3) is 0.792. The predicted molar refractivity (Wildman–Crippen MR) is 113 cm³/mol. The molecule has 0 aliphatic heterocycles. The molecule has 0 radical (unpaired) electrons. The summed E-state index contributed by atoms with van der Waals surface area (Å²) in [4.78, 5) is 15.0. The minimum absolute atomic E-state index is 0.00338. The summed E-state index contributed by atoms with van der Waals surface area (Å²) in [6.45, 7) is 2.25. The second-order valence-corrected chi connectivity index (χ2v) is 8.45. The number of carbonyl (C=O) groups is 1. The van der Waals surface area contributed by atoms with E-state index in [1.165, 1.54) is 64.2 Å². The lowest BCUT2D eigenvalue weighted by atomic mass is 9.98. The van der Waals surface area contributed by atoms with E-state index in [-0.39, 0.29) is 11.8 Å². The maximum atomic E-state index is 14.5. The second-order valence-electron chi connectivity index (χ2n) is 8.45. The number of hydrogen-bond donors (Lipinski definition) is 1. The van der Waals surface area contributed by atoms with Gasteiger partial charge in [0.15, 0.2) is 11.5 Å². The number of aromatic nitrogens is 1. The van der Waals surface area contributed by atoms with E-state index in [1.807, 2.05) is 0 Å². The highest BCUT2D eigenvalue weighted by Gasteiger charge is 2.23. The molecule has 1 fully saturated rings. The van der Waals surface area contributed by atoms with Gasteiger partial charge in [-0.25, -0.2) is 9.18 Å². The summed E-state index contributed by atoms with van der Waals surface area (Å²) in [6.07, 6.45) is 21.6. The third-order valence-electron chi connectivity index (χ3n) is 5.97. The van der Waals surface area contributed by atoms with Crippen LogP contribution in [-0.4, -0.2) is 17.1 Å². The highest BCUT2D eigenvalue weighted by molar-refractivity contribution is 5.88. The van der Waals surface area contributed by atoms with Gasteiger partial charge in [-0.05, 0) is 38.5 Å². The largest absolute Gasteiger partial charge is 0.458 e. The quantitative estimate of drug-likeness (QED) is 0.263. The number of unbranched alkanes of at least 4 members (excludes halogenated alkanes) is 10. The van der Waals surface area contributed by atoms with Crippen LogP contribution in [0.2, 0.25) is 0 Å². The van der Waals surface area contributed by atoms with Gasteiger partial charge in [0.25, 0.3) is 0 Å². The van der Waals surface area contributed by atoms with Crippen molar-refractivity contribution in [3.05, 3.63) is 23.3 Å². The van der Waals surface area contributed by atoms with Crippen LogP contribution in [0.4, 0.5) is 4.39 Å². The van der Waals surface area contributed by atoms with Gasteiger partial charge in [0.2, 0.25) is 0 Å². The lowest BCUT2D eigenvalue weighted by Crippen LogP contribution is -2.21. The Morgan fingerprint density at radius 3 is 2.14 bits per heavy atom. The SMILES string of the molecule is CCCCCCCCCCCCCc1c[nH]c(C(=O)OC2CCCCC2)c1F. The van der Waals surface area contributed by atoms with E-state index in [9.17, 15) is 9.18 Å². The highest BCUT2D eigenvalue weighted by atomic mass is 19.1. The van der Waals surface area contributed by atoms with Crippen LogP contribution < -0.4 is 0 Å². The molecular formula is C24H40FNO2. The van der Waals surface area contributed by atoms with Crippen LogP contribution >= 0.6 is 0 Å². The lowest BCUT2D eigenvalue weighted by Gasteiger charge is -2.21. The number of nitrogens with one attached hydrogen (secondary N) is 1. The number of ether oxygens (including phenoxy) is 1. The van der Waals surface area contributed by atoms with Crippen LogP contribution in [0.1, 0.15) is 126 Å². The average molecular weight is 394 g/mol. The molecule has 0 bridgehead atoms. The van der Waals surface area contributed by atoms with Crippen LogP contribution in [0.3, 0.4) is 0 Å². The molecular weight excluding hydrogens is 353 g/mol. The van der Waals surface area contributed by atoms with Crippen molar-refractivity contribution in [1.29, 1.82) is 0 Å². The van der Waals surface area contributed by atoms with Gasteiger partial charge in [0, 0.05) is 11.8 Å². The van der Waals surface area contributed by atoms with Gasteiger partial charge in [-0.2, -0.15) is 0 Å². The number of hydrogen-bond acceptors (Lipinski definition) is 2. The van der Waals surface area contributed by atoms with Crippen molar-refractivity contribution in [2.24, 2.45) is 0 Å². The summed E-state index contributed by atoms with van der Waals surface area (Å²) in [5.41, 5.74) is 0.621. The zero-order chi connectivity index (χ0) is 20.0. The van der Waals surface area contributed by atoms with Crippen LogP contribution in [-0.2, 0) is 11.2 Å². The Morgan fingerprint density at radius 1 is 0.964 bits per heavy atom. The Balaban J connectivity index is 1.56. The molecule has 28 heavy (non-hydrogen) atoms. The molecule has 0 spiro atoms. The summed E-state index contributed by atoms with van der Waals surface area (Å²) in [5, 5.41) is 0. The smallest absolute Gasteiger partial charge is 0.358 e. The van der Waals surface area contributed by atoms with Gasteiger partial charge in [0.05, 0.1) is 0 Å². The Bertz CT molecular complexity index is 549. The number of aryl methyl sites for hydroxylation is 1. The zero-order valence-electron chi connectivity index (χ0n) is 17.9. The van der Waals surface area contributed by atoms with Crippen molar-refractivity contribution < 1.29 is 13.9 Å². The van der Waals surface area contributed by atoms with E-state index in [2.05, 4.69) is 11.9 Å². The standard InChI is InChI=1S/C24H40FNO2/c1-2-3-4-5-6-7-8-9-10-11-13-16-20-19-26-23(22(20)25)24(27)28-21-17-14-12-15-18-21/h19,21,26H,2-18H2,1H3. The van der Waals surface area contributed by atoms with E-state index < -0.39 is 11.8 Å². The summed E-state index contributed by atoms with van der Waals surface area (Å²) in [5.74, 6) is -0.942. The molecule has 1 saturated carbocycles. The van der Waals surface area contributed by atoms with Crippen molar-refractivity contribution in [3.8, 4) is 0 Å². The van der Waals surface area contributed by atoms with Gasteiger partial charge in [-0.1, -0.05) is 77.6 Å². The number of halogens is 1. The monoisotopic (exact) mass is 393 g/mol. The molecule has 1 aliphatic rings. The molecule has 0 aromatic carbocycles. The van der Waals surface area contributed by atoms with Crippen molar-refractivity contribution in [3.63, 3.8) is 0 Å². The molecule has 0 amide bonds. The summed E-state index contributed by atoms with van der Waals surface area (Å²) >= 11 is 0.